The third-order valence-corrected chi connectivity index (χ3v) is 3.43. The van der Waals surface area contributed by atoms with Crippen LogP contribution >= 0.6 is 0 Å². The van der Waals surface area contributed by atoms with Gasteiger partial charge in [-0.1, -0.05) is 18.2 Å². The maximum absolute atomic E-state index is 13.3. The number of aliphatic hydroxyl groups is 1. The first kappa shape index (κ1) is 15.9. The summed E-state index contributed by atoms with van der Waals surface area (Å²) in [6, 6.07) is 6.60. The standard InChI is InChI=1S/C15H21FN2O3/c16-14-4-2-1-3-11(14)9-21-10-13(19)8-17-12-5-6-15(20)18-7-12/h1-4,12-13,17,19H,5-10H2,(H,18,20). The molecule has 0 radical (unpaired) electrons. The van der Waals surface area contributed by atoms with Gasteiger partial charge in [0.15, 0.2) is 0 Å². The third-order valence-electron chi connectivity index (χ3n) is 3.43. The van der Waals surface area contributed by atoms with E-state index in [0.717, 1.165) is 6.42 Å². The number of hydrogen-bond acceptors (Lipinski definition) is 4. The molecule has 3 N–H and O–H groups in total. The molecule has 1 heterocycles. The van der Waals surface area contributed by atoms with E-state index in [9.17, 15) is 14.3 Å². The minimum atomic E-state index is -0.658. The lowest BCUT2D eigenvalue weighted by molar-refractivity contribution is -0.122. The molecule has 0 aliphatic carbocycles. The molecule has 6 heteroatoms. The van der Waals surface area contributed by atoms with Crippen LogP contribution in [0.1, 0.15) is 18.4 Å². The summed E-state index contributed by atoms with van der Waals surface area (Å²) in [6.45, 7) is 1.25. The highest BCUT2D eigenvalue weighted by Crippen LogP contribution is 2.08. The van der Waals surface area contributed by atoms with E-state index in [4.69, 9.17) is 4.74 Å². The molecule has 2 atom stereocenters. The van der Waals surface area contributed by atoms with E-state index in [2.05, 4.69) is 10.6 Å². The van der Waals surface area contributed by atoms with Crippen LogP contribution in [-0.2, 0) is 16.1 Å². The number of carbonyl (C=O) groups excluding carboxylic acids is 1. The van der Waals surface area contributed by atoms with Gasteiger partial charge in [-0.25, -0.2) is 4.39 Å². The molecule has 1 saturated heterocycles. The van der Waals surface area contributed by atoms with Crippen molar-refractivity contribution in [1.29, 1.82) is 0 Å². The number of nitrogens with one attached hydrogen (secondary N) is 2. The van der Waals surface area contributed by atoms with Crippen molar-refractivity contribution in [2.75, 3.05) is 19.7 Å². The average molecular weight is 296 g/mol. The van der Waals surface area contributed by atoms with Gasteiger partial charge in [0.1, 0.15) is 5.82 Å². The van der Waals surface area contributed by atoms with Gasteiger partial charge in [0.05, 0.1) is 19.3 Å². The zero-order valence-corrected chi connectivity index (χ0v) is 11.8. The first-order chi connectivity index (χ1) is 10.1. The largest absolute Gasteiger partial charge is 0.389 e. The number of hydrogen-bond donors (Lipinski definition) is 3. The molecule has 2 unspecified atom stereocenters. The monoisotopic (exact) mass is 296 g/mol. The highest BCUT2D eigenvalue weighted by atomic mass is 19.1. The van der Waals surface area contributed by atoms with Crippen molar-refractivity contribution in [1.82, 2.24) is 10.6 Å². The molecule has 0 spiro atoms. The van der Waals surface area contributed by atoms with Crippen LogP contribution in [0, 0.1) is 5.82 Å². The molecule has 2 rings (SSSR count). The summed E-state index contributed by atoms with van der Waals surface area (Å²) in [5.74, 6) is -0.232. The van der Waals surface area contributed by atoms with Crippen molar-refractivity contribution in [3.63, 3.8) is 0 Å². The van der Waals surface area contributed by atoms with Gasteiger partial charge in [-0.2, -0.15) is 0 Å². The van der Waals surface area contributed by atoms with Gasteiger partial charge < -0.3 is 20.5 Å². The highest BCUT2D eigenvalue weighted by molar-refractivity contribution is 5.76. The predicted molar refractivity (Wildman–Crippen MR) is 76.1 cm³/mol. The molecule has 1 aromatic rings. The SMILES string of the molecule is O=C1CCC(NCC(O)COCc2ccccc2F)CN1. The Morgan fingerprint density at radius 2 is 2.29 bits per heavy atom. The number of amides is 1. The zero-order chi connectivity index (χ0) is 15.1. The van der Waals surface area contributed by atoms with Gasteiger partial charge in [-0.15, -0.1) is 0 Å². The summed E-state index contributed by atoms with van der Waals surface area (Å²) in [6.07, 6.45) is 0.626. The van der Waals surface area contributed by atoms with E-state index in [1.54, 1.807) is 18.2 Å². The maximum atomic E-state index is 13.3. The molecule has 1 fully saturated rings. The van der Waals surface area contributed by atoms with Crippen LogP contribution in [-0.4, -0.2) is 42.9 Å². The average Bonchev–Trinajstić information content (AvgIpc) is 2.49. The van der Waals surface area contributed by atoms with Gasteiger partial charge in [-0.05, 0) is 12.5 Å². The number of benzene rings is 1. The number of aliphatic hydroxyl groups excluding tert-OH is 1. The number of rotatable bonds is 7. The molecule has 1 aliphatic heterocycles. The molecule has 116 valence electrons. The predicted octanol–water partition coefficient (Wildman–Crippen LogP) is 0.571. The van der Waals surface area contributed by atoms with Gasteiger partial charge in [0.2, 0.25) is 5.91 Å². The molecular formula is C15H21FN2O3. The quantitative estimate of drug-likeness (QED) is 0.688. The fourth-order valence-corrected chi connectivity index (χ4v) is 2.19. The molecule has 5 nitrogen and oxygen atoms in total. The van der Waals surface area contributed by atoms with Crippen LogP contribution in [0.2, 0.25) is 0 Å². The Bertz CT molecular complexity index is 460. The van der Waals surface area contributed by atoms with Crippen molar-refractivity contribution < 1.29 is 19.0 Å². The van der Waals surface area contributed by atoms with Crippen molar-refractivity contribution >= 4 is 5.91 Å². The van der Waals surface area contributed by atoms with Crippen molar-refractivity contribution in [2.24, 2.45) is 0 Å². The van der Waals surface area contributed by atoms with E-state index < -0.39 is 6.10 Å². The maximum Gasteiger partial charge on any atom is 0.220 e. The molecule has 0 aromatic heterocycles. The lowest BCUT2D eigenvalue weighted by Gasteiger charge is -2.24. The molecule has 1 aromatic carbocycles. The summed E-state index contributed by atoms with van der Waals surface area (Å²) in [5.41, 5.74) is 0.479. The van der Waals surface area contributed by atoms with E-state index >= 15 is 0 Å². The van der Waals surface area contributed by atoms with Crippen LogP contribution in [0.25, 0.3) is 0 Å². The van der Waals surface area contributed by atoms with E-state index in [1.165, 1.54) is 6.07 Å². The Kier molecular flexibility index (Phi) is 6.10. The van der Waals surface area contributed by atoms with Gasteiger partial charge >= 0.3 is 0 Å². The van der Waals surface area contributed by atoms with E-state index in [0.29, 0.717) is 25.1 Å². The van der Waals surface area contributed by atoms with Gasteiger partial charge in [0.25, 0.3) is 0 Å². The first-order valence-corrected chi connectivity index (χ1v) is 7.14. The van der Waals surface area contributed by atoms with Gasteiger partial charge in [0, 0.05) is 31.1 Å². The fourth-order valence-electron chi connectivity index (χ4n) is 2.19. The molecule has 1 aliphatic rings. The Morgan fingerprint density at radius 3 is 3.00 bits per heavy atom. The second kappa shape index (κ2) is 8.07. The molecule has 1 amide bonds. The normalized spacial score (nSPS) is 20.1. The molecule has 0 saturated carbocycles. The van der Waals surface area contributed by atoms with Crippen molar-refractivity contribution in [3.05, 3.63) is 35.6 Å². The molecule has 0 bridgehead atoms. The number of halogens is 1. The minimum absolute atomic E-state index is 0.0711. The number of carbonyl (C=O) groups is 1. The van der Waals surface area contributed by atoms with Crippen molar-refractivity contribution in [3.8, 4) is 0 Å². The number of ether oxygens (including phenoxy) is 1. The minimum Gasteiger partial charge on any atom is -0.389 e. The summed E-state index contributed by atoms with van der Waals surface area (Å²) in [5, 5.41) is 15.8. The van der Waals surface area contributed by atoms with Crippen LogP contribution < -0.4 is 10.6 Å². The first-order valence-electron chi connectivity index (χ1n) is 7.14. The summed E-state index contributed by atoms with van der Waals surface area (Å²) in [7, 11) is 0. The van der Waals surface area contributed by atoms with Crippen LogP contribution in [0.4, 0.5) is 4.39 Å². The van der Waals surface area contributed by atoms with Crippen LogP contribution in [0.5, 0.6) is 0 Å². The smallest absolute Gasteiger partial charge is 0.220 e. The summed E-state index contributed by atoms with van der Waals surface area (Å²) >= 11 is 0. The van der Waals surface area contributed by atoms with Crippen molar-refractivity contribution in [2.45, 2.75) is 31.6 Å². The topological polar surface area (TPSA) is 70.6 Å². The fraction of sp³-hybridized carbons (Fsp3) is 0.533. The molecular weight excluding hydrogens is 275 g/mol. The Balaban J connectivity index is 1.60. The summed E-state index contributed by atoms with van der Waals surface area (Å²) in [4.78, 5) is 11.0. The second-order valence-electron chi connectivity index (χ2n) is 5.21. The Hall–Kier alpha value is -1.50. The van der Waals surface area contributed by atoms with Crippen LogP contribution in [0.15, 0.2) is 24.3 Å². The van der Waals surface area contributed by atoms with Gasteiger partial charge in [-0.3, -0.25) is 4.79 Å². The third kappa shape index (κ3) is 5.41. The van der Waals surface area contributed by atoms with E-state index in [1.807, 2.05) is 0 Å². The van der Waals surface area contributed by atoms with Crippen LogP contribution in [0.3, 0.4) is 0 Å². The Labute approximate surface area is 123 Å². The highest BCUT2D eigenvalue weighted by Gasteiger charge is 2.18. The number of piperidine rings is 1. The molecule has 21 heavy (non-hydrogen) atoms. The van der Waals surface area contributed by atoms with E-state index in [-0.39, 0.29) is 31.0 Å². The second-order valence-corrected chi connectivity index (χ2v) is 5.21. The summed E-state index contributed by atoms with van der Waals surface area (Å²) < 4.78 is 18.7. The lowest BCUT2D eigenvalue weighted by Crippen LogP contribution is -2.48. The zero-order valence-electron chi connectivity index (χ0n) is 11.8. The Morgan fingerprint density at radius 1 is 1.48 bits per heavy atom. The lowest BCUT2D eigenvalue weighted by atomic mass is 10.1.